The van der Waals surface area contributed by atoms with Crippen LogP contribution in [0.25, 0.3) is 22.1 Å². The van der Waals surface area contributed by atoms with E-state index in [1.54, 1.807) is 12.1 Å². The lowest BCUT2D eigenvalue weighted by atomic mass is 10.1. The van der Waals surface area contributed by atoms with E-state index >= 15 is 0 Å². The molecule has 1 N–H and O–H groups in total. The van der Waals surface area contributed by atoms with E-state index in [1.807, 2.05) is 31.3 Å². The van der Waals surface area contributed by atoms with Crippen LogP contribution in [0, 0.1) is 5.82 Å². The first-order valence-electron chi connectivity index (χ1n) is 8.43. The van der Waals surface area contributed by atoms with E-state index in [9.17, 15) is 9.18 Å². The number of para-hydroxylation sites is 1. The molecule has 2 heterocycles. The predicted molar refractivity (Wildman–Crippen MR) is 98.6 cm³/mol. The fourth-order valence-electron chi connectivity index (χ4n) is 3.03. The molecule has 0 amide bonds. The van der Waals surface area contributed by atoms with Crippen LogP contribution in [0.1, 0.15) is 11.4 Å². The zero-order valence-electron chi connectivity index (χ0n) is 14.3. The zero-order valence-corrected chi connectivity index (χ0v) is 14.3. The Morgan fingerprint density at radius 3 is 2.73 bits per heavy atom. The van der Waals surface area contributed by atoms with Crippen LogP contribution in [-0.4, -0.2) is 28.5 Å². The Bertz CT molecular complexity index is 1120. The van der Waals surface area contributed by atoms with Crippen molar-refractivity contribution in [1.82, 2.24) is 14.9 Å². The van der Waals surface area contributed by atoms with Crippen molar-refractivity contribution in [2.45, 2.75) is 13.0 Å². The van der Waals surface area contributed by atoms with E-state index in [2.05, 4.69) is 14.9 Å². The van der Waals surface area contributed by atoms with Crippen molar-refractivity contribution in [3.05, 3.63) is 76.1 Å². The summed E-state index contributed by atoms with van der Waals surface area (Å²) in [5.74, 6) is 0.361. The molecule has 0 bridgehead atoms. The van der Waals surface area contributed by atoms with Crippen molar-refractivity contribution in [3.8, 4) is 0 Å². The van der Waals surface area contributed by atoms with Gasteiger partial charge in [0, 0.05) is 11.9 Å². The average molecular weight is 351 g/mol. The number of furan rings is 1. The summed E-state index contributed by atoms with van der Waals surface area (Å²) in [6.07, 6.45) is 0.790. The molecule has 4 aromatic rings. The predicted octanol–water partition coefficient (Wildman–Crippen LogP) is 3.48. The van der Waals surface area contributed by atoms with Gasteiger partial charge in [-0.05, 0) is 43.3 Å². The normalized spacial score (nSPS) is 11.7. The second-order valence-corrected chi connectivity index (χ2v) is 6.40. The third-order valence-corrected chi connectivity index (χ3v) is 4.40. The van der Waals surface area contributed by atoms with Gasteiger partial charge in [-0.1, -0.05) is 24.3 Å². The van der Waals surface area contributed by atoms with Crippen LogP contribution in [0.5, 0.6) is 0 Å². The molecule has 2 aromatic heterocycles. The lowest BCUT2D eigenvalue weighted by Gasteiger charge is -2.15. The zero-order chi connectivity index (χ0) is 18.1. The summed E-state index contributed by atoms with van der Waals surface area (Å²) in [5.41, 5.74) is 2.29. The highest BCUT2D eigenvalue weighted by molar-refractivity contribution is 6.01. The number of halogens is 1. The van der Waals surface area contributed by atoms with Gasteiger partial charge in [-0.2, -0.15) is 0 Å². The summed E-state index contributed by atoms with van der Waals surface area (Å²) in [6.45, 7) is 1.27. The van der Waals surface area contributed by atoms with Gasteiger partial charge in [0.1, 0.15) is 22.7 Å². The van der Waals surface area contributed by atoms with Crippen molar-refractivity contribution in [2.75, 3.05) is 13.6 Å². The number of hydrogen-bond acceptors (Lipinski definition) is 4. The first kappa shape index (κ1) is 16.5. The maximum atomic E-state index is 13.0. The van der Waals surface area contributed by atoms with Gasteiger partial charge >= 0.3 is 0 Å². The van der Waals surface area contributed by atoms with Gasteiger partial charge in [-0.15, -0.1) is 0 Å². The number of rotatable bonds is 5. The molecule has 132 valence electrons. The Balaban J connectivity index is 1.53. The van der Waals surface area contributed by atoms with E-state index in [1.165, 1.54) is 12.1 Å². The highest BCUT2D eigenvalue weighted by Crippen LogP contribution is 2.24. The summed E-state index contributed by atoms with van der Waals surface area (Å²) >= 11 is 0. The molecule has 4 rings (SSSR count). The van der Waals surface area contributed by atoms with Gasteiger partial charge in [-0.3, -0.25) is 9.69 Å². The van der Waals surface area contributed by atoms with Crippen LogP contribution in [0.15, 0.2) is 57.7 Å². The Morgan fingerprint density at radius 1 is 1.15 bits per heavy atom. The van der Waals surface area contributed by atoms with Gasteiger partial charge < -0.3 is 9.40 Å². The monoisotopic (exact) mass is 351 g/mol. The summed E-state index contributed by atoms with van der Waals surface area (Å²) in [5, 5.41) is 0.837. The smallest absolute Gasteiger partial charge is 0.294 e. The van der Waals surface area contributed by atoms with Gasteiger partial charge in [-0.25, -0.2) is 9.37 Å². The lowest BCUT2D eigenvalue weighted by Crippen LogP contribution is -2.24. The van der Waals surface area contributed by atoms with Crippen molar-refractivity contribution in [1.29, 1.82) is 0 Å². The van der Waals surface area contributed by atoms with Crippen molar-refractivity contribution < 1.29 is 8.81 Å². The summed E-state index contributed by atoms with van der Waals surface area (Å²) in [4.78, 5) is 21.8. The molecule has 26 heavy (non-hydrogen) atoms. The molecule has 0 unspecified atom stereocenters. The molecular weight excluding hydrogens is 333 g/mol. The Hall–Kier alpha value is -2.99. The minimum atomic E-state index is -0.270. The van der Waals surface area contributed by atoms with Crippen LogP contribution in [0.4, 0.5) is 4.39 Å². The number of aromatic amines is 1. The Kier molecular flexibility index (Phi) is 4.26. The molecule has 0 spiro atoms. The fourth-order valence-corrected chi connectivity index (χ4v) is 3.03. The van der Waals surface area contributed by atoms with Crippen LogP contribution < -0.4 is 5.56 Å². The number of benzene rings is 2. The van der Waals surface area contributed by atoms with Crippen LogP contribution in [0.3, 0.4) is 0 Å². The van der Waals surface area contributed by atoms with E-state index in [0.717, 1.165) is 23.9 Å². The highest BCUT2D eigenvalue weighted by Gasteiger charge is 2.13. The average Bonchev–Trinajstić information content (AvgIpc) is 3.01. The first-order valence-corrected chi connectivity index (χ1v) is 8.43. The Morgan fingerprint density at radius 2 is 1.92 bits per heavy atom. The van der Waals surface area contributed by atoms with Gasteiger partial charge in [0.2, 0.25) is 5.58 Å². The van der Waals surface area contributed by atoms with Crippen LogP contribution in [-0.2, 0) is 13.0 Å². The fraction of sp³-hybridized carbons (Fsp3) is 0.200. The molecule has 0 aliphatic carbocycles. The molecule has 0 radical (unpaired) electrons. The van der Waals surface area contributed by atoms with Crippen LogP contribution >= 0.6 is 0 Å². The molecule has 0 aliphatic heterocycles. The van der Waals surface area contributed by atoms with Crippen LogP contribution in [0.2, 0.25) is 0 Å². The number of aromatic nitrogens is 2. The molecule has 6 heteroatoms. The summed E-state index contributed by atoms with van der Waals surface area (Å²) in [6, 6.07) is 14.0. The number of likely N-dealkylation sites (N-methyl/N-ethyl adjacent to an activating group) is 1. The molecular formula is C20H18FN3O2. The minimum absolute atomic E-state index is 0.232. The van der Waals surface area contributed by atoms with E-state index < -0.39 is 0 Å². The minimum Gasteiger partial charge on any atom is -0.449 e. The van der Waals surface area contributed by atoms with Gasteiger partial charge in [0.15, 0.2) is 0 Å². The SMILES string of the molecule is CN(CCc1ccc(F)cc1)Cc1nc2c(oc3ccccc32)c(=O)[nH]1. The highest BCUT2D eigenvalue weighted by atomic mass is 19.1. The molecule has 0 saturated carbocycles. The summed E-state index contributed by atoms with van der Waals surface area (Å²) in [7, 11) is 1.96. The molecule has 0 aliphatic rings. The van der Waals surface area contributed by atoms with Crippen molar-refractivity contribution in [2.24, 2.45) is 0 Å². The quantitative estimate of drug-likeness (QED) is 0.598. The second kappa shape index (κ2) is 6.72. The standard InChI is InChI=1S/C20H18FN3O2/c1-24(11-10-13-6-8-14(21)9-7-13)12-17-22-18-15-4-2-3-5-16(15)26-19(18)20(25)23-17/h2-9H,10-12H2,1H3,(H,22,23,25). The van der Waals surface area contributed by atoms with E-state index in [0.29, 0.717) is 23.5 Å². The van der Waals surface area contributed by atoms with E-state index in [4.69, 9.17) is 4.42 Å². The first-order chi connectivity index (χ1) is 12.6. The molecule has 0 saturated heterocycles. The third kappa shape index (κ3) is 3.23. The molecule has 0 fully saturated rings. The summed E-state index contributed by atoms with van der Waals surface area (Å²) < 4.78 is 18.6. The number of nitrogens with one attached hydrogen (secondary N) is 1. The molecule has 0 atom stereocenters. The maximum Gasteiger partial charge on any atom is 0.294 e. The maximum absolute atomic E-state index is 13.0. The van der Waals surface area contributed by atoms with Gasteiger partial charge in [0.05, 0.1) is 6.54 Å². The number of hydrogen-bond donors (Lipinski definition) is 1. The number of fused-ring (bicyclic) bond motifs is 3. The van der Waals surface area contributed by atoms with E-state index in [-0.39, 0.29) is 17.0 Å². The number of nitrogens with zero attached hydrogens (tertiary/aromatic N) is 2. The molecule has 2 aromatic carbocycles. The largest absolute Gasteiger partial charge is 0.449 e. The Labute approximate surface area is 149 Å². The molecule has 5 nitrogen and oxygen atoms in total. The number of H-pyrrole nitrogens is 1. The van der Waals surface area contributed by atoms with Crippen molar-refractivity contribution in [3.63, 3.8) is 0 Å². The topological polar surface area (TPSA) is 62.1 Å². The van der Waals surface area contributed by atoms with Gasteiger partial charge in [0.25, 0.3) is 5.56 Å². The second-order valence-electron chi connectivity index (χ2n) is 6.40. The van der Waals surface area contributed by atoms with Crippen molar-refractivity contribution >= 4 is 22.1 Å². The lowest BCUT2D eigenvalue weighted by molar-refractivity contribution is 0.322. The third-order valence-electron chi connectivity index (χ3n) is 4.40.